The molecule has 1 aromatic rings. The largest absolute Gasteiger partial charge is 0.497 e. The summed E-state index contributed by atoms with van der Waals surface area (Å²) in [5.74, 6) is -0.219. The minimum absolute atomic E-state index is 0.581. The minimum atomic E-state index is -4.44. The molecular formula is C12H13F3N2O3. The minimum Gasteiger partial charge on any atom is -0.497 e. The predicted molar refractivity (Wildman–Crippen MR) is 65.6 cm³/mol. The standard InChI is InChI=1S/C12H13F3N2O3/c1-19-10-4-2-9(3-5-10)6-17-20-7-11(18)16-8-12(13,14)15/h2-6H,7-8H2,1H3,(H,16,18). The van der Waals surface area contributed by atoms with Gasteiger partial charge in [0.05, 0.1) is 13.3 Å². The number of rotatable bonds is 6. The van der Waals surface area contributed by atoms with E-state index in [1.54, 1.807) is 29.6 Å². The molecule has 0 saturated carbocycles. The number of carbonyl (C=O) groups excluding carboxylic acids is 1. The molecule has 0 heterocycles. The number of hydrogen-bond acceptors (Lipinski definition) is 4. The van der Waals surface area contributed by atoms with Crippen LogP contribution in [-0.4, -0.2) is 38.6 Å². The van der Waals surface area contributed by atoms with Crippen molar-refractivity contribution in [2.75, 3.05) is 20.3 Å². The van der Waals surface area contributed by atoms with Crippen LogP contribution in [0.3, 0.4) is 0 Å². The molecule has 0 bridgehead atoms. The molecule has 0 atom stereocenters. The fourth-order valence-corrected chi connectivity index (χ4v) is 1.13. The van der Waals surface area contributed by atoms with Gasteiger partial charge in [-0.2, -0.15) is 13.2 Å². The van der Waals surface area contributed by atoms with Crippen LogP contribution in [0.25, 0.3) is 0 Å². The summed E-state index contributed by atoms with van der Waals surface area (Å²) in [6.07, 6.45) is -3.11. The lowest BCUT2D eigenvalue weighted by Crippen LogP contribution is -2.35. The Kier molecular flexibility index (Phi) is 5.82. The van der Waals surface area contributed by atoms with Crippen LogP contribution in [0.1, 0.15) is 5.56 Å². The predicted octanol–water partition coefficient (Wildman–Crippen LogP) is 1.72. The number of ether oxygens (including phenoxy) is 1. The Morgan fingerprint density at radius 3 is 2.55 bits per heavy atom. The zero-order valence-corrected chi connectivity index (χ0v) is 10.6. The Labute approximate surface area is 113 Å². The Bertz CT molecular complexity index is 458. The zero-order valence-electron chi connectivity index (χ0n) is 10.6. The van der Waals surface area contributed by atoms with Gasteiger partial charge in [0.2, 0.25) is 0 Å². The maximum Gasteiger partial charge on any atom is 0.405 e. The second kappa shape index (κ2) is 7.37. The van der Waals surface area contributed by atoms with E-state index in [2.05, 4.69) is 9.99 Å². The van der Waals surface area contributed by atoms with Gasteiger partial charge in [-0.25, -0.2) is 0 Å². The fraction of sp³-hybridized carbons (Fsp3) is 0.333. The number of oxime groups is 1. The van der Waals surface area contributed by atoms with E-state index in [1.165, 1.54) is 13.3 Å². The van der Waals surface area contributed by atoms with Crippen molar-refractivity contribution >= 4 is 12.1 Å². The van der Waals surface area contributed by atoms with Crippen LogP contribution >= 0.6 is 0 Å². The van der Waals surface area contributed by atoms with Crippen LogP contribution in [0, 0.1) is 0 Å². The molecule has 1 rings (SSSR count). The lowest BCUT2D eigenvalue weighted by molar-refractivity contribution is -0.141. The van der Waals surface area contributed by atoms with Crippen LogP contribution in [0.5, 0.6) is 5.75 Å². The lowest BCUT2D eigenvalue weighted by Gasteiger charge is -2.07. The third-order valence-electron chi connectivity index (χ3n) is 2.07. The summed E-state index contributed by atoms with van der Waals surface area (Å²) in [6.45, 7) is -1.97. The van der Waals surface area contributed by atoms with Crippen LogP contribution in [0.2, 0.25) is 0 Å². The quantitative estimate of drug-likeness (QED) is 0.641. The second-order valence-corrected chi connectivity index (χ2v) is 3.67. The van der Waals surface area contributed by atoms with Crippen molar-refractivity contribution in [2.45, 2.75) is 6.18 Å². The van der Waals surface area contributed by atoms with Crippen LogP contribution in [0.15, 0.2) is 29.4 Å². The first-order chi connectivity index (χ1) is 9.40. The highest BCUT2D eigenvalue weighted by molar-refractivity contribution is 5.80. The van der Waals surface area contributed by atoms with E-state index in [0.29, 0.717) is 11.3 Å². The average molecular weight is 290 g/mol. The van der Waals surface area contributed by atoms with Crippen LogP contribution in [0.4, 0.5) is 13.2 Å². The van der Waals surface area contributed by atoms with E-state index < -0.39 is 25.2 Å². The van der Waals surface area contributed by atoms with Gasteiger partial charge >= 0.3 is 6.18 Å². The Hall–Kier alpha value is -2.25. The Morgan fingerprint density at radius 1 is 1.35 bits per heavy atom. The highest BCUT2D eigenvalue weighted by Crippen LogP contribution is 2.12. The van der Waals surface area contributed by atoms with Gasteiger partial charge in [-0.05, 0) is 29.8 Å². The number of nitrogens with zero attached hydrogens (tertiary/aromatic N) is 1. The summed E-state index contributed by atoms with van der Waals surface area (Å²) in [7, 11) is 1.53. The fourth-order valence-electron chi connectivity index (χ4n) is 1.13. The number of nitrogens with one attached hydrogen (secondary N) is 1. The first-order valence-corrected chi connectivity index (χ1v) is 5.53. The van der Waals surface area contributed by atoms with Crippen LogP contribution in [-0.2, 0) is 9.63 Å². The van der Waals surface area contributed by atoms with E-state index in [0.717, 1.165) is 0 Å². The molecule has 0 radical (unpaired) electrons. The second-order valence-electron chi connectivity index (χ2n) is 3.67. The summed E-state index contributed by atoms with van der Waals surface area (Å²) >= 11 is 0. The van der Waals surface area contributed by atoms with Gasteiger partial charge in [0.25, 0.3) is 5.91 Å². The zero-order chi connectivity index (χ0) is 15.0. The molecule has 1 N–H and O–H groups in total. The van der Waals surface area contributed by atoms with Crippen molar-refractivity contribution in [3.8, 4) is 5.75 Å². The summed E-state index contributed by atoms with van der Waals surface area (Å²) in [5, 5.41) is 5.13. The lowest BCUT2D eigenvalue weighted by atomic mass is 10.2. The number of benzene rings is 1. The summed E-state index contributed by atoms with van der Waals surface area (Å²) in [6, 6.07) is 6.82. The number of methoxy groups -OCH3 is 1. The van der Waals surface area contributed by atoms with E-state index in [9.17, 15) is 18.0 Å². The number of amides is 1. The van der Waals surface area contributed by atoms with Crippen molar-refractivity contribution in [3.05, 3.63) is 29.8 Å². The van der Waals surface area contributed by atoms with Gasteiger partial charge in [0.1, 0.15) is 12.3 Å². The summed E-state index contributed by atoms with van der Waals surface area (Å²) in [5.41, 5.74) is 0.696. The molecule has 0 fully saturated rings. The molecule has 1 amide bonds. The molecule has 0 aromatic heterocycles. The van der Waals surface area contributed by atoms with Crippen molar-refractivity contribution in [1.82, 2.24) is 5.32 Å². The SMILES string of the molecule is COc1ccc(C=NOCC(=O)NCC(F)(F)F)cc1. The maximum atomic E-state index is 11.8. The molecule has 0 aliphatic heterocycles. The monoisotopic (exact) mass is 290 g/mol. The molecule has 1 aromatic carbocycles. The number of hydrogen-bond donors (Lipinski definition) is 1. The third kappa shape index (κ3) is 6.62. The van der Waals surface area contributed by atoms with Crippen LogP contribution < -0.4 is 10.1 Å². The van der Waals surface area contributed by atoms with Crippen molar-refractivity contribution < 1.29 is 27.5 Å². The van der Waals surface area contributed by atoms with Crippen molar-refractivity contribution in [3.63, 3.8) is 0 Å². The van der Waals surface area contributed by atoms with Gasteiger partial charge in [-0.1, -0.05) is 5.16 Å². The number of alkyl halides is 3. The first-order valence-electron chi connectivity index (χ1n) is 5.53. The molecular weight excluding hydrogens is 277 g/mol. The molecule has 0 saturated heterocycles. The summed E-state index contributed by atoms with van der Waals surface area (Å²) in [4.78, 5) is 15.5. The number of halogens is 3. The molecule has 5 nitrogen and oxygen atoms in total. The molecule has 8 heteroatoms. The molecule has 0 aliphatic carbocycles. The van der Waals surface area contributed by atoms with Gasteiger partial charge in [0.15, 0.2) is 6.61 Å². The average Bonchev–Trinajstić information content (AvgIpc) is 2.41. The molecule has 0 spiro atoms. The molecule has 110 valence electrons. The van der Waals surface area contributed by atoms with Gasteiger partial charge in [-0.3, -0.25) is 4.79 Å². The summed E-state index contributed by atoms with van der Waals surface area (Å²) < 4.78 is 40.3. The topological polar surface area (TPSA) is 59.9 Å². The van der Waals surface area contributed by atoms with E-state index in [4.69, 9.17) is 4.74 Å². The van der Waals surface area contributed by atoms with Gasteiger partial charge in [0, 0.05) is 0 Å². The molecule has 0 aliphatic rings. The van der Waals surface area contributed by atoms with E-state index >= 15 is 0 Å². The van der Waals surface area contributed by atoms with Gasteiger partial charge in [-0.15, -0.1) is 0 Å². The normalized spacial score (nSPS) is 11.4. The number of carbonyl (C=O) groups is 1. The van der Waals surface area contributed by atoms with E-state index in [1.807, 2.05) is 0 Å². The molecule has 20 heavy (non-hydrogen) atoms. The molecule has 0 unspecified atom stereocenters. The van der Waals surface area contributed by atoms with E-state index in [-0.39, 0.29) is 0 Å². The first kappa shape index (κ1) is 15.8. The Morgan fingerprint density at radius 2 is 2.00 bits per heavy atom. The maximum absolute atomic E-state index is 11.8. The van der Waals surface area contributed by atoms with Crippen molar-refractivity contribution in [2.24, 2.45) is 5.16 Å². The Balaban J connectivity index is 2.28. The van der Waals surface area contributed by atoms with Gasteiger partial charge < -0.3 is 14.9 Å². The smallest absolute Gasteiger partial charge is 0.405 e. The van der Waals surface area contributed by atoms with Crippen molar-refractivity contribution in [1.29, 1.82) is 0 Å². The highest BCUT2D eigenvalue weighted by atomic mass is 19.4. The highest BCUT2D eigenvalue weighted by Gasteiger charge is 2.27. The third-order valence-corrected chi connectivity index (χ3v) is 2.07.